The number of carbonyl (C=O) groups excluding carboxylic acids is 3. The number of benzene rings is 3. The largest absolute Gasteiger partial charge is 0.422 e. The van der Waals surface area contributed by atoms with E-state index in [9.17, 15) is 29.3 Å². The number of anilines is 1. The molecular formula is C27H22N6O7. The minimum absolute atomic E-state index is 0.0565. The Morgan fingerprint density at radius 2 is 1.60 bits per heavy atom. The van der Waals surface area contributed by atoms with Gasteiger partial charge in [0.2, 0.25) is 0 Å². The number of hydrazone groups is 1. The fourth-order valence-electron chi connectivity index (χ4n) is 3.65. The SMILES string of the molecule is Cc1c(NC(=O)C(=O)NN=Cc2ccccc2OC(=O)c2ccc([N+](=O)[O-])cc2)c(=O)n(-c2ccccc2)n1C. The zero-order valence-corrected chi connectivity index (χ0v) is 21.2. The summed E-state index contributed by atoms with van der Waals surface area (Å²) in [4.78, 5) is 60.5. The third-order valence-corrected chi connectivity index (χ3v) is 5.80. The van der Waals surface area contributed by atoms with Crippen molar-refractivity contribution in [1.82, 2.24) is 14.8 Å². The Balaban J connectivity index is 1.42. The smallest absolute Gasteiger partial charge is 0.343 e. The Morgan fingerprint density at radius 3 is 2.27 bits per heavy atom. The van der Waals surface area contributed by atoms with Gasteiger partial charge in [0, 0.05) is 24.7 Å². The van der Waals surface area contributed by atoms with Gasteiger partial charge >= 0.3 is 17.8 Å². The van der Waals surface area contributed by atoms with E-state index in [1.54, 1.807) is 67.2 Å². The van der Waals surface area contributed by atoms with Crippen LogP contribution in [-0.4, -0.2) is 38.3 Å². The first-order valence-corrected chi connectivity index (χ1v) is 11.7. The molecule has 0 atom stereocenters. The van der Waals surface area contributed by atoms with Gasteiger partial charge in [-0.2, -0.15) is 5.10 Å². The average molecular weight is 543 g/mol. The highest BCUT2D eigenvalue weighted by Crippen LogP contribution is 2.19. The lowest BCUT2D eigenvalue weighted by atomic mass is 10.2. The molecule has 13 heteroatoms. The second-order valence-electron chi connectivity index (χ2n) is 8.32. The Kier molecular flexibility index (Phi) is 7.94. The van der Waals surface area contributed by atoms with Crippen LogP contribution in [-0.2, 0) is 16.6 Å². The number of non-ortho nitro benzene ring substituents is 1. The van der Waals surface area contributed by atoms with E-state index >= 15 is 0 Å². The highest BCUT2D eigenvalue weighted by molar-refractivity contribution is 6.39. The van der Waals surface area contributed by atoms with Crippen LogP contribution in [0.15, 0.2) is 88.8 Å². The third kappa shape index (κ3) is 5.83. The lowest BCUT2D eigenvalue weighted by Crippen LogP contribution is -2.34. The highest BCUT2D eigenvalue weighted by atomic mass is 16.6. The van der Waals surface area contributed by atoms with Crippen LogP contribution < -0.4 is 21.0 Å². The number of nitro groups is 1. The molecule has 1 heterocycles. The lowest BCUT2D eigenvalue weighted by Gasteiger charge is -2.07. The monoisotopic (exact) mass is 542 g/mol. The molecule has 4 rings (SSSR count). The summed E-state index contributed by atoms with van der Waals surface area (Å²) in [5.74, 6) is -2.92. The van der Waals surface area contributed by atoms with Crippen LogP contribution in [0.1, 0.15) is 21.6 Å². The summed E-state index contributed by atoms with van der Waals surface area (Å²) in [6, 6.07) is 20.0. The van der Waals surface area contributed by atoms with Gasteiger partial charge in [0.05, 0.1) is 28.1 Å². The van der Waals surface area contributed by atoms with Crippen molar-refractivity contribution < 1.29 is 24.0 Å². The summed E-state index contributed by atoms with van der Waals surface area (Å²) >= 11 is 0. The van der Waals surface area contributed by atoms with E-state index in [0.717, 1.165) is 0 Å². The minimum Gasteiger partial charge on any atom is -0.422 e. The second kappa shape index (κ2) is 11.7. The van der Waals surface area contributed by atoms with E-state index in [4.69, 9.17) is 4.74 Å². The van der Waals surface area contributed by atoms with E-state index in [1.807, 2.05) is 0 Å². The molecule has 4 aromatic rings. The molecule has 0 spiro atoms. The number of aromatic nitrogens is 2. The first-order valence-electron chi connectivity index (χ1n) is 11.7. The van der Waals surface area contributed by atoms with E-state index < -0.39 is 28.3 Å². The predicted molar refractivity (Wildman–Crippen MR) is 145 cm³/mol. The van der Waals surface area contributed by atoms with Gasteiger partial charge in [-0.1, -0.05) is 30.3 Å². The number of rotatable bonds is 7. The molecule has 2 N–H and O–H groups in total. The predicted octanol–water partition coefficient (Wildman–Crippen LogP) is 2.70. The molecule has 0 unspecified atom stereocenters. The summed E-state index contributed by atoms with van der Waals surface area (Å²) in [7, 11) is 1.65. The zero-order valence-electron chi connectivity index (χ0n) is 21.2. The van der Waals surface area contributed by atoms with Gasteiger partial charge in [-0.3, -0.25) is 29.2 Å². The first kappa shape index (κ1) is 27.2. The Bertz CT molecular complexity index is 1690. The highest BCUT2D eigenvalue weighted by Gasteiger charge is 2.21. The number of hydrogen-bond acceptors (Lipinski definition) is 8. The molecule has 202 valence electrons. The normalized spacial score (nSPS) is 10.8. The molecule has 0 aliphatic rings. The maximum absolute atomic E-state index is 12.9. The fraction of sp³-hybridized carbons (Fsp3) is 0.0741. The van der Waals surface area contributed by atoms with Crippen LogP contribution in [0, 0.1) is 17.0 Å². The average Bonchev–Trinajstić information content (AvgIpc) is 3.17. The van der Waals surface area contributed by atoms with Crippen molar-refractivity contribution in [2.75, 3.05) is 5.32 Å². The lowest BCUT2D eigenvalue weighted by molar-refractivity contribution is -0.384. The summed E-state index contributed by atoms with van der Waals surface area (Å²) in [6.07, 6.45) is 1.17. The Labute approximate surface area is 226 Å². The van der Waals surface area contributed by atoms with Crippen molar-refractivity contribution in [3.63, 3.8) is 0 Å². The topological polar surface area (TPSA) is 167 Å². The summed E-state index contributed by atoms with van der Waals surface area (Å²) < 4.78 is 8.27. The number of nitrogens with zero attached hydrogens (tertiary/aromatic N) is 4. The quantitative estimate of drug-likeness (QED) is 0.0904. The van der Waals surface area contributed by atoms with Crippen molar-refractivity contribution >= 4 is 35.4 Å². The van der Waals surface area contributed by atoms with E-state index in [1.165, 1.54) is 41.2 Å². The minimum atomic E-state index is -1.13. The molecule has 0 fully saturated rings. The van der Waals surface area contributed by atoms with Crippen LogP contribution in [0.2, 0.25) is 0 Å². The molecule has 0 radical (unpaired) electrons. The molecule has 2 amide bonds. The number of esters is 1. The molecule has 13 nitrogen and oxygen atoms in total. The molecule has 0 aliphatic heterocycles. The molecule has 40 heavy (non-hydrogen) atoms. The summed E-state index contributed by atoms with van der Waals surface area (Å²) in [5, 5.41) is 16.9. The number of nitro benzene ring substituents is 1. The van der Waals surface area contributed by atoms with Crippen LogP contribution in [0.5, 0.6) is 5.75 Å². The third-order valence-electron chi connectivity index (χ3n) is 5.80. The van der Waals surface area contributed by atoms with E-state index in [-0.39, 0.29) is 22.7 Å². The number of amides is 2. The standard InChI is InChI=1S/C27H22N6O7/c1-17-23(26(36)32(31(17)2)20-9-4-3-5-10-20)29-24(34)25(35)30-28-16-19-8-6-7-11-22(19)40-27(37)18-12-14-21(15-13-18)33(38)39/h3-16H,1-2H3,(H,29,34)(H,30,35). The molecule has 3 aromatic carbocycles. The molecule has 1 aromatic heterocycles. The van der Waals surface area contributed by atoms with Crippen molar-refractivity contribution in [3.05, 3.63) is 116 Å². The second-order valence-corrected chi connectivity index (χ2v) is 8.32. The first-order chi connectivity index (χ1) is 19.2. The van der Waals surface area contributed by atoms with Crippen molar-refractivity contribution in [1.29, 1.82) is 0 Å². The summed E-state index contributed by atoms with van der Waals surface area (Å²) in [6.45, 7) is 1.63. The molecule has 0 saturated heterocycles. The van der Waals surface area contributed by atoms with Gasteiger partial charge in [-0.05, 0) is 43.3 Å². The van der Waals surface area contributed by atoms with E-state index in [0.29, 0.717) is 16.9 Å². The molecule has 0 bridgehead atoms. The van der Waals surface area contributed by atoms with E-state index in [2.05, 4.69) is 15.8 Å². The van der Waals surface area contributed by atoms with Crippen LogP contribution in [0.25, 0.3) is 5.69 Å². The summed E-state index contributed by atoms with van der Waals surface area (Å²) in [5.41, 5.74) is 2.73. The van der Waals surface area contributed by atoms with Crippen molar-refractivity contribution in [2.24, 2.45) is 12.1 Å². The van der Waals surface area contributed by atoms with Crippen molar-refractivity contribution in [2.45, 2.75) is 6.92 Å². The van der Waals surface area contributed by atoms with Gasteiger partial charge in [-0.15, -0.1) is 0 Å². The van der Waals surface area contributed by atoms with Gasteiger partial charge in [0.25, 0.3) is 11.2 Å². The Hall–Kier alpha value is -5.85. The number of carbonyl (C=O) groups is 3. The molecule has 0 aliphatic carbocycles. The number of nitrogens with one attached hydrogen (secondary N) is 2. The van der Waals surface area contributed by atoms with Gasteiger partial charge in [-0.25, -0.2) is 14.9 Å². The number of hydrogen-bond donors (Lipinski definition) is 2. The number of para-hydroxylation sites is 2. The molecule has 0 saturated carbocycles. The fourth-order valence-corrected chi connectivity index (χ4v) is 3.65. The maximum Gasteiger partial charge on any atom is 0.343 e. The van der Waals surface area contributed by atoms with Crippen LogP contribution in [0.4, 0.5) is 11.4 Å². The maximum atomic E-state index is 12.9. The van der Waals surface area contributed by atoms with Crippen molar-refractivity contribution in [3.8, 4) is 11.4 Å². The Morgan fingerprint density at radius 1 is 0.950 bits per heavy atom. The van der Waals surface area contributed by atoms with Gasteiger partial charge < -0.3 is 10.1 Å². The molecular weight excluding hydrogens is 520 g/mol. The van der Waals surface area contributed by atoms with Gasteiger partial charge in [0.15, 0.2) is 0 Å². The van der Waals surface area contributed by atoms with Crippen LogP contribution >= 0.6 is 0 Å². The van der Waals surface area contributed by atoms with Crippen LogP contribution in [0.3, 0.4) is 0 Å². The van der Waals surface area contributed by atoms with Gasteiger partial charge in [0.1, 0.15) is 11.4 Å². The zero-order chi connectivity index (χ0) is 28.8. The number of ether oxygens (including phenoxy) is 1.